The molecule has 4 heteroatoms. The van der Waals surface area contributed by atoms with Crippen molar-refractivity contribution in [1.82, 2.24) is 0 Å². The van der Waals surface area contributed by atoms with Crippen LogP contribution < -0.4 is 4.74 Å². The van der Waals surface area contributed by atoms with Crippen molar-refractivity contribution in [1.29, 1.82) is 0 Å². The molecule has 1 atom stereocenters. The summed E-state index contributed by atoms with van der Waals surface area (Å²) in [5.41, 5.74) is 1.60. The van der Waals surface area contributed by atoms with Crippen LogP contribution in [0.15, 0.2) is 18.2 Å². The highest BCUT2D eigenvalue weighted by atomic mass is 19.1. The van der Waals surface area contributed by atoms with E-state index < -0.39 is 12.3 Å². The van der Waals surface area contributed by atoms with E-state index >= 15 is 0 Å². The van der Waals surface area contributed by atoms with Crippen LogP contribution in [-0.4, -0.2) is 18.9 Å². The lowest BCUT2D eigenvalue weighted by molar-refractivity contribution is -0.159. The number of ether oxygens (including phenoxy) is 2. The normalized spacial score (nSPS) is 12.9. The number of carbonyl (C=O) groups is 1. The number of benzene rings is 1. The first-order chi connectivity index (χ1) is 8.75. The molecule has 0 amide bonds. The van der Waals surface area contributed by atoms with Crippen LogP contribution in [0.1, 0.15) is 38.8 Å². The highest BCUT2D eigenvalue weighted by Gasteiger charge is 2.25. The van der Waals surface area contributed by atoms with E-state index in [4.69, 9.17) is 4.74 Å². The Labute approximate surface area is 113 Å². The Bertz CT molecular complexity index is 449. The average Bonchev–Trinajstić information content (AvgIpc) is 2.27. The molecule has 0 saturated heterocycles. The van der Waals surface area contributed by atoms with Crippen molar-refractivity contribution < 1.29 is 18.7 Å². The lowest BCUT2D eigenvalue weighted by Gasteiger charge is -2.23. The molecule has 0 aliphatic heterocycles. The molecule has 0 aliphatic carbocycles. The van der Waals surface area contributed by atoms with E-state index in [1.165, 1.54) is 0 Å². The van der Waals surface area contributed by atoms with Gasteiger partial charge in [0.1, 0.15) is 5.75 Å². The summed E-state index contributed by atoms with van der Waals surface area (Å²) >= 11 is 0. The van der Waals surface area contributed by atoms with Crippen LogP contribution >= 0.6 is 0 Å². The third kappa shape index (κ3) is 4.23. The largest absolute Gasteiger partial charge is 0.461 e. The fourth-order valence-corrected chi connectivity index (χ4v) is 1.71. The summed E-state index contributed by atoms with van der Waals surface area (Å²) in [6, 6.07) is 5.56. The summed E-state index contributed by atoms with van der Waals surface area (Å²) in [4.78, 5) is 11.3. The van der Waals surface area contributed by atoms with Gasteiger partial charge in [0.25, 0.3) is 0 Å². The van der Waals surface area contributed by atoms with Crippen LogP contribution in [-0.2, 0) is 14.9 Å². The Morgan fingerprint density at radius 2 is 2.00 bits per heavy atom. The molecule has 19 heavy (non-hydrogen) atoms. The quantitative estimate of drug-likeness (QED) is 0.784. The van der Waals surface area contributed by atoms with Crippen molar-refractivity contribution in [2.75, 3.05) is 6.61 Å². The van der Waals surface area contributed by atoms with Crippen molar-refractivity contribution in [2.24, 2.45) is 0 Å². The van der Waals surface area contributed by atoms with Gasteiger partial charge in [0, 0.05) is 0 Å². The average molecular weight is 268 g/mol. The minimum absolute atomic E-state index is 0.128. The number of rotatable bonds is 4. The maximum Gasteiger partial charge on any atom is 0.381 e. The number of hydrogen-bond acceptors (Lipinski definition) is 3. The highest BCUT2D eigenvalue weighted by Crippen LogP contribution is 2.32. The topological polar surface area (TPSA) is 35.5 Å². The van der Waals surface area contributed by atoms with Gasteiger partial charge in [-0.25, -0.2) is 4.79 Å². The van der Waals surface area contributed by atoms with Gasteiger partial charge in [-0.1, -0.05) is 32.9 Å². The second kappa shape index (κ2) is 6.04. The third-order valence-corrected chi connectivity index (χ3v) is 2.65. The van der Waals surface area contributed by atoms with Crippen LogP contribution in [0.25, 0.3) is 0 Å². The van der Waals surface area contributed by atoms with Crippen molar-refractivity contribution in [3.05, 3.63) is 29.3 Å². The van der Waals surface area contributed by atoms with Gasteiger partial charge < -0.3 is 9.47 Å². The van der Waals surface area contributed by atoms with Gasteiger partial charge in [0.2, 0.25) is 0 Å². The van der Waals surface area contributed by atoms with Crippen LogP contribution in [0.4, 0.5) is 4.39 Å². The smallest absolute Gasteiger partial charge is 0.381 e. The molecule has 0 heterocycles. The first-order valence-corrected chi connectivity index (χ1v) is 6.34. The van der Waals surface area contributed by atoms with Crippen LogP contribution in [0.5, 0.6) is 5.75 Å². The number of hydrogen-bond donors (Lipinski definition) is 0. The van der Waals surface area contributed by atoms with Gasteiger partial charge >= 0.3 is 12.3 Å². The van der Waals surface area contributed by atoms with E-state index in [0.717, 1.165) is 11.1 Å². The molecule has 106 valence electrons. The molecule has 1 aromatic carbocycles. The van der Waals surface area contributed by atoms with E-state index in [2.05, 4.69) is 4.74 Å². The zero-order valence-electron chi connectivity index (χ0n) is 12.1. The Kier molecular flexibility index (Phi) is 4.92. The Morgan fingerprint density at radius 3 is 2.53 bits per heavy atom. The SMILES string of the molecule is CCOC(=O)C(F)Oc1cc(C)ccc1C(C)(C)C. The molecular formula is C15H21FO3. The summed E-state index contributed by atoms with van der Waals surface area (Å²) in [7, 11) is 0. The minimum Gasteiger partial charge on any atom is -0.461 e. The van der Waals surface area contributed by atoms with Gasteiger partial charge in [-0.2, -0.15) is 4.39 Å². The van der Waals surface area contributed by atoms with Crippen molar-refractivity contribution in [3.8, 4) is 5.75 Å². The van der Waals surface area contributed by atoms with Gasteiger partial charge in [0.15, 0.2) is 0 Å². The second-order valence-electron chi connectivity index (χ2n) is 5.44. The molecule has 0 spiro atoms. The number of esters is 1. The molecule has 1 rings (SSSR count). The van der Waals surface area contributed by atoms with E-state index in [0.29, 0.717) is 5.75 Å². The monoisotopic (exact) mass is 268 g/mol. The van der Waals surface area contributed by atoms with Gasteiger partial charge in [-0.05, 0) is 36.5 Å². The number of alkyl halides is 1. The van der Waals surface area contributed by atoms with Crippen LogP contribution in [0, 0.1) is 6.92 Å². The molecule has 1 unspecified atom stereocenters. The first kappa shape index (κ1) is 15.5. The molecule has 1 aromatic rings. The molecule has 0 N–H and O–H groups in total. The molecule has 0 radical (unpaired) electrons. The Balaban J connectivity index is 2.99. The first-order valence-electron chi connectivity index (χ1n) is 6.34. The molecule has 3 nitrogen and oxygen atoms in total. The van der Waals surface area contributed by atoms with Crippen molar-refractivity contribution in [3.63, 3.8) is 0 Å². The van der Waals surface area contributed by atoms with Crippen molar-refractivity contribution >= 4 is 5.97 Å². The molecule has 0 aromatic heterocycles. The van der Waals surface area contributed by atoms with Gasteiger partial charge in [0.05, 0.1) is 6.61 Å². The van der Waals surface area contributed by atoms with E-state index in [9.17, 15) is 9.18 Å². The Morgan fingerprint density at radius 1 is 1.37 bits per heavy atom. The van der Waals surface area contributed by atoms with Crippen molar-refractivity contribution in [2.45, 2.75) is 46.4 Å². The summed E-state index contributed by atoms with van der Waals surface area (Å²) in [5.74, 6) is -0.614. The van der Waals surface area contributed by atoms with E-state index in [1.54, 1.807) is 13.0 Å². The standard InChI is InChI=1S/C15H21FO3/c1-6-18-14(17)13(16)19-12-9-10(2)7-8-11(12)15(3,4)5/h7-9,13H,6H2,1-5H3. The zero-order valence-corrected chi connectivity index (χ0v) is 12.1. The highest BCUT2D eigenvalue weighted by molar-refractivity contribution is 5.73. The molecule has 0 aliphatic rings. The lowest BCUT2D eigenvalue weighted by Crippen LogP contribution is -2.26. The molecule has 0 bridgehead atoms. The summed E-state index contributed by atoms with van der Waals surface area (Å²) in [6.07, 6.45) is -2.09. The van der Waals surface area contributed by atoms with E-state index in [-0.39, 0.29) is 12.0 Å². The number of halogens is 1. The fourth-order valence-electron chi connectivity index (χ4n) is 1.71. The van der Waals surface area contributed by atoms with Crippen LogP contribution in [0.2, 0.25) is 0 Å². The zero-order chi connectivity index (χ0) is 14.6. The number of carbonyl (C=O) groups excluding carboxylic acids is 1. The molecular weight excluding hydrogens is 247 g/mol. The van der Waals surface area contributed by atoms with Gasteiger partial charge in [-0.15, -0.1) is 0 Å². The maximum atomic E-state index is 13.7. The molecule has 0 fully saturated rings. The predicted molar refractivity (Wildman–Crippen MR) is 72.0 cm³/mol. The Hall–Kier alpha value is -1.58. The van der Waals surface area contributed by atoms with E-state index in [1.807, 2.05) is 39.8 Å². The minimum atomic E-state index is -2.09. The number of aryl methyl sites for hydroxylation is 1. The summed E-state index contributed by atoms with van der Waals surface area (Å²) < 4.78 is 23.4. The predicted octanol–water partition coefficient (Wildman–Crippen LogP) is 3.53. The maximum absolute atomic E-state index is 13.7. The fraction of sp³-hybridized carbons (Fsp3) is 0.533. The lowest BCUT2D eigenvalue weighted by atomic mass is 9.86. The summed E-state index contributed by atoms with van der Waals surface area (Å²) in [6.45, 7) is 9.64. The van der Waals surface area contributed by atoms with Crippen LogP contribution in [0.3, 0.4) is 0 Å². The second-order valence-corrected chi connectivity index (χ2v) is 5.44. The summed E-state index contributed by atoms with van der Waals surface area (Å²) in [5, 5.41) is 0. The molecule has 0 saturated carbocycles. The van der Waals surface area contributed by atoms with Gasteiger partial charge in [-0.3, -0.25) is 0 Å². The third-order valence-electron chi connectivity index (χ3n) is 2.65.